The maximum atomic E-state index is 11.2. The van der Waals surface area contributed by atoms with Gasteiger partial charge in [0, 0.05) is 5.02 Å². The second-order valence-electron chi connectivity index (χ2n) is 4.11. The second-order valence-corrected chi connectivity index (χ2v) is 5.57. The van der Waals surface area contributed by atoms with Crippen LogP contribution in [0.25, 0.3) is 10.2 Å². The summed E-state index contributed by atoms with van der Waals surface area (Å²) < 4.78 is 0.952. The first kappa shape index (κ1) is 12.9. The normalized spacial score (nSPS) is 10.7. The van der Waals surface area contributed by atoms with Crippen LogP contribution in [0.1, 0.15) is 10.4 Å². The van der Waals surface area contributed by atoms with Crippen LogP contribution in [0.4, 0.5) is 10.8 Å². The number of thiazole rings is 1. The quantitative estimate of drug-likeness (QED) is 0.753. The molecule has 3 rings (SSSR count). The highest BCUT2D eigenvalue weighted by Gasteiger charge is 2.11. The lowest BCUT2D eigenvalue weighted by Gasteiger charge is -2.05. The van der Waals surface area contributed by atoms with Gasteiger partial charge in [-0.25, -0.2) is 9.78 Å². The van der Waals surface area contributed by atoms with Crippen molar-refractivity contribution >= 4 is 49.9 Å². The van der Waals surface area contributed by atoms with E-state index in [1.165, 1.54) is 11.3 Å². The monoisotopic (exact) mass is 304 g/mol. The molecule has 0 unspecified atom stereocenters. The summed E-state index contributed by atoms with van der Waals surface area (Å²) in [7, 11) is 0. The van der Waals surface area contributed by atoms with E-state index in [0.717, 1.165) is 10.2 Å². The number of aromatic carboxylic acids is 1. The zero-order valence-corrected chi connectivity index (χ0v) is 11.7. The Hall–Kier alpha value is -2.11. The molecule has 0 atom stereocenters. The van der Waals surface area contributed by atoms with Gasteiger partial charge in [-0.15, -0.1) is 0 Å². The van der Waals surface area contributed by atoms with Gasteiger partial charge < -0.3 is 10.4 Å². The lowest BCUT2D eigenvalue weighted by atomic mass is 10.2. The number of fused-ring (bicyclic) bond motifs is 1. The Kier molecular flexibility index (Phi) is 3.30. The number of hydrogen-bond donors (Lipinski definition) is 2. The van der Waals surface area contributed by atoms with E-state index in [9.17, 15) is 4.79 Å². The number of hydrogen-bond acceptors (Lipinski definition) is 4. The lowest BCUT2D eigenvalue weighted by molar-refractivity contribution is 0.0698. The molecular weight excluding hydrogens is 296 g/mol. The summed E-state index contributed by atoms with van der Waals surface area (Å²) in [6.45, 7) is 0. The van der Waals surface area contributed by atoms with Gasteiger partial charge in [-0.3, -0.25) is 0 Å². The van der Waals surface area contributed by atoms with Gasteiger partial charge in [-0.05, 0) is 30.3 Å². The largest absolute Gasteiger partial charge is 0.478 e. The Labute approximate surface area is 123 Å². The van der Waals surface area contributed by atoms with Crippen molar-refractivity contribution in [1.29, 1.82) is 0 Å². The maximum absolute atomic E-state index is 11.2. The number of carboxylic acid groups (broad SMARTS) is 1. The van der Waals surface area contributed by atoms with Gasteiger partial charge in [0.1, 0.15) is 0 Å². The van der Waals surface area contributed by atoms with Gasteiger partial charge in [-0.2, -0.15) is 0 Å². The summed E-state index contributed by atoms with van der Waals surface area (Å²) in [6, 6.07) is 12.2. The standard InChI is InChI=1S/C14H9ClN2O2S/c15-8-5-6-11-12(7-8)20-14(17-11)16-10-4-2-1-3-9(10)13(18)19/h1-7H,(H,16,17)(H,18,19). The number of nitrogens with zero attached hydrogens (tertiary/aromatic N) is 1. The van der Waals surface area contributed by atoms with E-state index < -0.39 is 5.97 Å². The van der Waals surface area contributed by atoms with Crippen LogP contribution in [0.5, 0.6) is 0 Å². The topological polar surface area (TPSA) is 62.2 Å². The molecular formula is C14H9ClN2O2S. The predicted molar refractivity (Wildman–Crippen MR) is 81.3 cm³/mol. The van der Waals surface area contributed by atoms with Crippen LogP contribution in [-0.2, 0) is 0 Å². The van der Waals surface area contributed by atoms with Crippen LogP contribution in [0.3, 0.4) is 0 Å². The third-order valence-corrected chi connectivity index (χ3v) is 3.92. The summed E-state index contributed by atoms with van der Waals surface area (Å²) in [5, 5.41) is 13.5. The minimum Gasteiger partial charge on any atom is -0.478 e. The van der Waals surface area contributed by atoms with Crippen LogP contribution in [0.15, 0.2) is 42.5 Å². The number of aromatic nitrogens is 1. The number of carbonyl (C=O) groups is 1. The van der Waals surface area contributed by atoms with Crippen molar-refractivity contribution in [2.45, 2.75) is 0 Å². The fourth-order valence-corrected chi connectivity index (χ4v) is 3.00. The van der Waals surface area contributed by atoms with Crippen molar-refractivity contribution < 1.29 is 9.90 Å². The van der Waals surface area contributed by atoms with Gasteiger partial charge >= 0.3 is 5.97 Å². The molecule has 0 spiro atoms. The highest BCUT2D eigenvalue weighted by atomic mass is 35.5. The van der Waals surface area contributed by atoms with Gasteiger partial charge in [0.15, 0.2) is 5.13 Å². The average Bonchev–Trinajstić information content (AvgIpc) is 2.80. The molecule has 0 aliphatic heterocycles. The number of nitrogens with one attached hydrogen (secondary N) is 1. The van der Waals surface area contributed by atoms with E-state index >= 15 is 0 Å². The van der Waals surface area contributed by atoms with Crippen molar-refractivity contribution in [1.82, 2.24) is 4.98 Å². The van der Waals surface area contributed by atoms with Gasteiger partial charge in [0.05, 0.1) is 21.5 Å². The summed E-state index contributed by atoms with van der Waals surface area (Å²) in [6.07, 6.45) is 0. The molecule has 6 heteroatoms. The van der Waals surface area contributed by atoms with E-state index in [1.54, 1.807) is 30.3 Å². The van der Waals surface area contributed by atoms with Crippen molar-refractivity contribution in [3.8, 4) is 0 Å². The minimum atomic E-state index is -0.975. The first-order chi connectivity index (χ1) is 9.63. The SMILES string of the molecule is O=C(O)c1ccccc1Nc1nc2ccc(Cl)cc2s1. The van der Waals surface area contributed by atoms with E-state index in [-0.39, 0.29) is 5.56 Å². The second kappa shape index (κ2) is 5.11. The van der Waals surface area contributed by atoms with E-state index in [2.05, 4.69) is 10.3 Å². The number of anilines is 2. The molecule has 0 aliphatic carbocycles. The van der Waals surface area contributed by atoms with Crippen LogP contribution < -0.4 is 5.32 Å². The Balaban J connectivity index is 1.99. The molecule has 0 aliphatic rings. The van der Waals surface area contributed by atoms with Crippen LogP contribution in [0, 0.1) is 0 Å². The van der Waals surface area contributed by atoms with Crippen molar-refractivity contribution in [2.24, 2.45) is 0 Å². The molecule has 0 amide bonds. The smallest absolute Gasteiger partial charge is 0.337 e. The number of halogens is 1. The fourth-order valence-electron chi connectivity index (χ4n) is 1.85. The Morgan fingerprint density at radius 3 is 2.85 bits per heavy atom. The van der Waals surface area contributed by atoms with E-state index in [1.807, 2.05) is 12.1 Å². The summed E-state index contributed by atoms with van der Waals surface area (Å²) in [4.78, 5) is 15.6. The molecule has 2 aromatic carbocycles. The van der Waals surface area contributed by atoms with E-state index in [4.69, 9.17) is 16.7 Å². The molecule has 2 N–H and O–H groups in total. The van der Waals surface area contributed by atoms with Crippen molar-refractivity contribution in [3.05, 3.63) is 53.1 Å². The molecule has 3 aromatic rings. The molecule has 0 saturated carbocycles. The minimum absolute atomic E-state index is 0.213. The first-order valence-corrected chi connectivity index (χ1v) is 6.98. The van der Waals surface area contributed by atoms with Crippen LogP contribution in [-0.4, -0.2) is 16.1 Å². The van der Waals surface area contributed by atoms with Gasteiger partial charge in [-0.1, -0.05) is 35.1 Å². The number of para-hydroxylation sites is 1. The third kappa shape index (κ3) is 2.45. The molecule has 0 bridgehead atoms. The molecule has 0 saturated heterocycles. The lowest BCUT2D eigenvalue weighted by Crippen LogP contribution is -2.01. The van der Waals surface area contributed by atoms with E-state index in [0.29, 0.717) is 15.8 Å². The molecule has 0 radical (unpaired) electrons. The van der Waals surface area contributed by atoms with Crippen LogP contribution in [0.2, 0.25) is 5.02 Å². The fraction of sp³-hybridized carbons (Fsp3) is 0. The molecule has 1 aromatic heterocycles. The molecule has 20 heavy (non-hydrogen) atoms. The third-order valence-electron chi connectivity index (χ3n) is 2.75. The van der Waals surface area contributed by atoms with Crippen molar-refractivity contribution in [3.63, 3.8) is 0 Å². The highest BCUT2D eigenvalue weighted by Crippen LogP contribution is 2.31. The van der Waals surface area contributed by atoms with Gasteiger partial charge in [0.25, 0.3) is 0 Å². The number of rotatable bonds is 3. The first-order valence-electron chi connectivity index (χ1n) is 5.79. The average molecular weight is 305 g/mol. The molecule has 1 heterocycles. The zero-order chi connectivity index (χ0) is 14.1. The Morgan fingerprint density at radius 1 is 1.25 bits per heavy atom. The highest BCUT2D eigenvalue weighted by molar-refractivity contribution is 7.22. The summed E-state index contributed by atoms with van der Waals surface area (Å²) in [5.74, 6) is -0.975. The van der Waals surface area contributed by atoms with Crippen LogP contribution >= 0.6 is 22.9 Å². The Morgan fingerprint density at radius 2 is 2.05 bits per heavy atom. The summed E-state index contributed by atoms with van der Waals surface area (Å²) in [5.41, 5.74) is 1.56. The molecule has 100 valence electrons. The Bertz CT molecular complexity index is 801. The molecule has 4 nitrogen and oxygen atoms in total. The maximum Gasteiger partial charge on any atom is 0.337 e. The number of benzene rings is 2. The molecule has 0 fully saturated rings. The number of carboxylic acids is 1. The predicted octanol–water partition coefficient (Wildman–Crippen LogP) is 4.39. The van der Waals surface area contributed by atoms with Gasteiger partial charge in [0.2, 0.25) is 0 Å². The van der Waals surface area contributed by atoms with Crippen molar-refractivity contribution in [2.75, 3.05) is 5.32 Å². The summed E-state index contributed by atoms with van der Waals surface area (Å²) >= 11 is 7.36. The zero-order valence-electron chi connectivity index (χ0n) is 10.1.